The maximum atomic E-state index is 14.0. The van der Waals surface area contributed by atoms with E-state index >= 15 is 0 Å². The molecule has 0 saturated heterocycles. The molecule has 1 aromatic heterocycles. The van der Waals surface area contributed by atoms with Crippen LogP contribution in [0.2, 0.25) is 0 Å². The molecule has 2 heterocycles. The van der Waals surface area contributed by atoms with Crippen molar-refractivity contribution in [2.45, 2.75) is 38.4 Å². The number of fused-ring (bicyclic) bond motifs is 1. The second-order valence-corrected chi connectivity index (χ2v) is 9.03. The third-order valence-corrected chi connectivity index (χ3v) is 6.63. The van der Waals surface area contributed by atoms with Crippen LogP contribution in [0, 0.1) is 6.92 Å². The van der Waals surface area contributed by atoms with Crippen LogP contribution in [0.25, 0.3) is 0 Å². The van der Waals surface area contributed by atoms with Crippen LogP contribution < -0.4 is 0 Å². The van der Waals surface area contributed by atoms with E-state index in [9.17, 15) is 14.7 Å². The number of carbonyl (C=O) groups is 2. The largest absolute Gasteiger partial charge is 0.480 e. The molecule has 5 rings (SSSR count). The summed E-state index contributed by atoms with van der Waals surface area (Å²) in [5.74, 6) is -1.82. The highest BCUT2D eigenvalue weighted by atomic mass is 16.4. The molecule has 0 fully saturated rings. The molecule has 1 amide bonds. The molecule has 6 nitrogen and oxygen atoms in total. The highest BCUT2D eigenvalue weighted by Crippen LogP contribution is 2.32. The van der Waals surface area contributed by atoms with E-state index in [0.717, 1.165) is 28.1 Å². The van der Waals surface area contributed by atoms with E-state index in [1.54, 1.807) is 6.33 Å². The van der Waals surface area contributed by atoms with Crippen LogP contribution in [-0.2, 0) is 29.1 Å². The molecule has 0 saturated carbocycles. The van der Waals surface area contributed by atoms with Crippen LogP contribution in [0.1, 0.15) is 39.6 Å². The van der Waals surface area contributed by atoms with E-state index in [2.05, 4.69) is 17.1 Å². The number of nitrogens with zero attached hydrogens (tertiary/aromatic N) is 3. The molecule has 4 aromatic rings. The zero-order chi connectivity index (χ0) is 24.4. The Hall–Kier alpha value is -4.19. The molecule has 176 valence electrons. The van der Waals surface area contributed by atoms with Crippen molar-refractivity contribution in [1.29, 1.82) is 0 Å². The number of benzene rings is 3. The normalized spacial score (nSPS) is 15.1. The van der Waals surface area contributed by atoms with Crippen molar-refractivity contribution in [2.75, 3.05) is 0 Å². The zero-order valence-electron chi connectivity index (χ0n) is 19.5. The van der Waals surface area contributed by atoms with Gasteiger partial charge in [-0.1, -0.05) is 90.5 Å². The van der Waals surface area contributed by atoms with Gasteiger partial charge in [0.25, 0.3) is 0 Å². The lowest BCUT2D eigenvalue weighted by atomic mass is 9.88. The quantitative estimate of drug-likeness (QED) is 0.458. The first-order valence-corrected chi connectivity index (χ1v) is 11.7. The second-order valence-electron chi connectivity index (χ2n) is 9.03. The minimum absolute atomic E-state index is 0.169. The highest BCUT2D eigenvalue weighted by Gasteiger charge is 2.40. The lowest BCUT2D eigenvalue weighted by molar-refractivity contribution is -0.151. The summed E-state index contributed by atoms with van der Waals surface area (Å²) >= 11 is 0. The van der Waals surface area contributed by atoms with Crippen LogP contribution in [0.4, 0.5) is 0 Å². The van der Waals surface area contributed by atoms with Gasteiger partial charge in [0.1, 0.15) is 6.04 Å². The van der Waals surface area contributed by atoms with Gasteiger partial charge < -0.3 is 14.6 Å². The Labute approximate surface area is 204 Å². The summed E-state index contributed by atoms with van der Waals surface area (Å²) in [6.07, 6.45) is 1.98. The monoisotopic (exact) mass is 465 g/mol. The standard InChI is InChI=1S/C29H27N3O3/c1-20-9-8-10-21(15-20)17-31-19-30-24-18-32(26(29(34)35)16-25(24)31)28(33)27(22-11-4-2-5-12-22)23-13-6-3-7-14-23/h2-15,19,26-27H,16-18H2,1H3,(H,34,35). The molecule has 35 heavy (non-hydrogen) atoms. The molecule has 1 atom stereocenters. The van der Waals surface area contributed by atoms with Crippen LogP contribution in [-0.4, -0.2) is 37.5 Å². The predicted molar refractivity (Wildman–Crippen MR) is 133 cm³/mol. The Morgan fingerprint density at radius 2 is 1.63 bits per heavy atom. The van der Waals surface area contributed by atoms with E-state index in [1.807, 2.05) is 84.3 Å². The number of carboxylic acids is 1. The highest BCUT2D eigenvalue weighted by molar-refractivity contribution is 5.91. The van der Waals surface area contributed by atoms with Crippen LogP contribution in [0.3, 0.4) is 0 Å². The van der Waals surface area contributed by atoms with Gasteiger partial charge in [-0.2, -0.15) is 0 Å². The topological polar surface area (TPSA) is 75.4 Å². The molecule has 1 aliphatic rings. The molecule has 0 radical (unpaired) electrons. The summed E-state index contributed by atoms with van der Waals surface area (Å²) < 4.78 is 2.01. The van der Waals surface area contributed by atoms with E-state index in [0.29, 0.717) is 6.54 Å². The number of aryl methyl sites for hydroxylation is 1. The number of imidazole rings is 1. The Bertz CT molecular complexity index is 1310. The summed E-state index contributed by atoms with van der Waals surface area (Å²) in [6, 6.07) is 26.3. The van der Waals surface area contributed by atoms with Crippen molar-refractivity contribution >= 4 is 11.9 Å². The summed E-state index contributed by atoms with van der Waals surface area (Å²) in [4.78, 5) is 32.4. The van der Waals surface area contributed by atoms with Crippen LogP contribution in [0.15, 0.2) is 91.3 Å². The maximum absolute atomic E-state index is 14.0. The van der Waals surface area contributed by atoms with Crippen molar-refractivity contribution in [3.05, 3.63) is 125 Å². The van der Waals surface area contributed by atoms with Gasteiger partial charge in [-0.15, -0.1) is 0 Å². The molecular weight excluding hydrogens is 438 g/mol. The molecular formula is C29H27N3O3. The van der Waals surface area contributed by atoms with Crippen molar-refractivity contribution in [1.82, 2.24) is 14.5 Å². The number of carbonyl (C=O) groups excluding carboxylic acids is 1. The zero-order valence-corrected chi connectivity index (χ0v) is 19.5. The predicted octanol–water partition coefficient (Wildman–Crippen LogP) is 4.41. The van der Waals surface area contributed by atoms with Gasteiger partial charge in [-0.3, -0.25) is 4.79 Å². The number of aromatic nitrogens is 2. The van der Waals surface area contributed by atoms with E-state index < -0.39 is 17.9 Å². The summed E-state index contributed by atoms with van der Waals surface area (Å²) in [5, 5.41) is 10.1. The average Bonchev–Trinajstić information content (AvgIpc) is 3.26. The first-order chi connectivity index (χ1) is 17.0. The van der Waals surface area contributed by atoms with Gasteiger partial charge in [-0.25, -0.2) is 9.78 Å². The lowest BCUT2D eigenvalue weighted by Gasteiger charge is -2.35. The number of hydrogen-bond donors (Lipinski definition) is 1. The van der Waals surface area contributed by atoms with Crippen LogP contribution in [0.5, 0.6) is 0 Å². The molecule has 1 unspecified atom stereocenters. The van der Waals surface area contributed by atoms with Gasteiger partial charge >= 0.3 is 5.97 Å². The SMILES string of the molecule is Cc1cccc(Cn2cnc3c2CC(C(=O)O)N(C(=O)C(c2ccccc2)c2ccccc2)C3)c1. The molecule has 3 aromatic carbocycles. The molecule has 6 heteroatoms. The Morgan fingerprint density at radius 3 is 2.23 bits per heavy atom. The van der Waals surface area contributed by atoms with Crippen molar-refractivity contribution in [2.24, 2.45) is 0 Å². The van der Waals surface area contributed by atoms with Crippen LogP contribution >= 0.6 is 0 Å². The van der Waals surface area contributed by atoms with Gasteiger partial charge in [0.05, 0.1) is 24.5 Å². The molecule has 0 bridgehead atoms. The average molecular weight is 466 g/mol. The van der Waals surface area contributed by atoms with E-state index in [-0.39, 0.29) is 18.9 Å². The number of rotatable bonds is 6. The smallest absolute Gasteiger partial charge is 0.326 e. The first kappa shape index (κ1) is 22.6. The Morgan fingerprint density at radius 1 is 0.971 bits per heavy atom. The second kappa shape index (κ2) is 9.58. The summed E-state index contributed by atoms with van der Waals surface area (Å²) in [7, 11) is 0. The Balaban J connectivity index is 1.49. The number of aliphatic carboxylic acids is 1. The number of amides is 1. The van der Waals surface area contributed by atoms with Crippen molar-refractivity contribution in [3.8, 4) is 0 Å². The lowest BCUT2D eigenvalue weighted by Crippen LogP contribution is -2.50. The van der Waals surface area contributed by atoms with E-state index in [1.165, 1.54) is 10.5 Å². The summed E-state index contributed by atoms with van der Waals surface area (Å²) in [5.41, 5.74) is 5.60. The molecule has 0 spiro atoms. The fraction of sp³-hybridized carbons (Fsp3) is 0.207. The van der Waals surface area contributed by atoms with E-state index in [4.69, 9.17) is 0 Å². The number of hydrogen-bond acceptors (Lipinski definition) is 3. The van der Waals surface area contributed by atoms with Crippen molar-refractivity contribution in [3.63, 3.8) is 0 Å². The molecule has 1 aliphatic heterocycles. The molecule has 0 aliphatic carbocycles. The minimum atomic E-state index is -1.01. The van der Waals surface area contributed by atoms with Gasteiger partial charge in [0.2, 0.25) is 5.91 Å². The Kier molecular flexibility index (Phi) is 6.19. The van der Waals surface area contributed by atoms with Gasteiger partial charge in [-0.05, 0) is 23.6 Å². The first-order valence-electron chi connectivity index (χ1n) is 11.7. The van der Waals surface area contributed by atoms with Crippen molar-refractivity contribution < 1.29 is 14.7 Å². The fourth-order valence-corrected chi connectivity index (χ4v) is 4.91. The molecule has 1 N–H and O–H groups in total. The van der Waals surface area contributed by atoms with Gasteiger partial charge in [0.15, 0.2) is 0 Å². The maximum Gasteiger partial charge on any atom is 0.326 e. The number of carboxylic acid groups (broad SMARTS) is 1. The van der Waals surface area contributed by atoms with Gasteiger partial charge in [0, 0.05) is 18.7 Å². The third kappa shape index (κ3) is 4.60. The minimum Gasteiger partial charge on any atom is -0.480 e. The summed E-state index contributed by atoms with van der Waals surface area (Å²) in [6.45, 7) is 2.83. The third-order valence-electron chi connectivity index (χ3n) is 6.63. The fourth-order valence-electron chi connectivity index (χ4n) is 4.91.